The molecule has 0 saturated carbocycles. The molecule has 0 aliphatic carbocycles. The molecule has 0 spiro atoms. The topological polar surface area (TPSA) is 71.3 Å². The minimum absolute atomic E-state index is 0.258. The second-order valence-corrected chi connectivity index (χ2v) is 7.69. The van der Waals surface area contributed by atoms with Crippen molar-refractivity contribution in [3.8, 4) is 0 Å². The van der Waals surface area contributed by atoms with E-state index in [2.05, 4.69) is 15.5 Å². The third-order valence-corrected chi connectivity index (χ3v) is 5.51. The number of rotatable bonds is 9. The van der Waals surface area contributed by atoms with Crippen molar-refractivity contribution in [3.63, 3.8) is 0 Å². The van der Waals surface area contributed by atoms with Crippen LogP contribution in [0.4, 0.5) is 0 Å². The Kier molecular flexibility index (Phi) is 9.13. The normalized spacial score (nSPS) is 22.3. The van der Waals surface area contributed by atoms with Crippen LogP contribution in [0.3, 0.4) is 0 Å². The monoisotopic (exact) mass is 392 g/mol. The first-order chi connectivity index (χ1) is 13.8. The predicted molar refractivity (Wildman–Crippen MR) is 111 cm³/mol. The maximum absolute atomic E-state index is 5.84. The molecule has 3 heterocycles. The Labute approximate surface area is 168 Å². The van der Waals surface area contributed by atoms with Gasteiger partial charge in [0.25, 0.3) is 0 Å². The van der Waals surface area contributed by atoms with Crippen molar-refractivity contribution in [1.82, 2.24) is 15.5 Å². The van der Waals surface area contributed by atoms with Crippen molar-refractivity contribution in [3.05, 3.63) is 24.2 Å². The second kappa shape index (κ2) is 12.1. The van der Waals surface area contributed by atoms with Crippen LogP contribution in [0.15, 0.2) is 27.8 Å². The van der Waals surface area contributed by atoms with Gasteiger partial charge in [-0.2, -0.15) is 0 Å². The van der Waals surface area contributed by atoms with Crippen LogP contribution < -0.4 is 10.6 Å². The Morgan fingerprint density at radius 2 is 2.18 bits per heavy atom. The summed E-state index contributed by atoms with van der Waals surface area (Å²) >= 11 is 0. The molecule has 1 unspecified atom stereocenters. The number of aliphatic imine (C=N–C) groups is 1. The lowest BCUT2D eigenvalue weighted by Gasteiger charge is -2.33. The molecule has 2 saturated heterocycles. The second-order valence-electron chi connectivity index (χ2n) is 7.69. The molecule has 1 aromatic rings. The Morgan fingerprint density at radius 1 is 1.29 bits per heavy atom. The van der Waals surface area contributed by atoms with Gasteiger partial charge in [-0.3, -0.25) is 4.99 Å². The summed E-state index contributed by atoms with van der Waals surface area (Å²) in [6, 6.07) is 4.40. The molecule has 3 rings (SSSR count). The van der Waals surface area contributed by atoms with Gasteiger partial charge in [-0.25, -0.2) is 0 Å². The van der Waals surface area contributed by atoms with Crippen molar-refractivity contribution in [2.24, 2.45) is 4.99 Å². The Hall–Kier alpha value is -1.57. The van der Waals surface area contributed by atoms with Crippen molar-refractivity contribution >= 4 is 5.96 Å². The van der Waals surface area contributed by atoms with Crippen molar-refractivity contribution in [1.29, 1.82) is 0 Å². The molecular weight excluding hydrogens is 356 g/mol. The van der Waals surface area contributed by atoms with E-state index in [1.165, 1.54) is 12.8 Å². The number of nitrogens with zero attached hydrogens (tertiary/aromatic N) is 2. The lowest BCUT2D eigenvalue weighted by Crippen LogP contribution is -2.49. The van der Waals surface area contributed by atoms with Crippen LogP contribution in [0.2, 0.25) is 0 Å². The first-order valence-electron chi connectivity index (χ1n) is 10.7. The fraction of sp³-hybridized carbons (Fsp3) is 0.762. The average molecular weight is 393 g/mol. The number of ether oxygens (including phenoxy) is 2. The zero-order chi connectivity index (χ0) is 19.4. The lowest BCUT2D eigenvalue weighted by molar-refractivity contribution is 0.0224. The van der Waals surface area contributed by atoms with Crippen molar-refractivity contribution in [2.75, 3.05) is 53.0 Å². The summed E-state index contributed by atoms with van der Waals surface area (Å²) in [4.78, 5) is 7.31. The molecule has 7 heteroatoms. The molecule has 0 radical (unpaired) electrons. The first kappa shape index (κ1) is 21.1. The molecular formula is C21H36N4O3. The number of furan rings is 1. The molecule has 2 aliphatic rings. The molecule has 2 fully saturated rings. The number of guanidine groups is 1. The smallest absolute Gasteiger partial charge is 0.191 e. The average Bonchev–Trinajstić information content (AvgIpc) is 3.25. The van der Waals surface area contributed by atoms with Crippen LogP contribution in [0.1, 0.15) is 37.9 Å². The van der Waals surface area contributed by atoms with Crippen molar-refractivity contribution < 1.29 is 13.9 Å². The molecule has 28 heavy (non-hydrogen) atoms. The highest BCUT2D eigenvalue weighted by Gasteiger charge is 2.20. The van der Waals surface area contributed by atoms with Gasteiger partial charge in [-0.05, 0) is 44.2 Å². The predicted octanol–water partition coefficient (Wildman–Crippen LogP) is 2.04. The van der Waals surface area contributed by atoms with Gasteiger partial charge in [0.2, 0.25) is 0 Å². The molecule has 158 valence electrons. The number of nitrogens with one attached hydrogen (secondary N) is 2. The van der Waals surface area contributed by atoms with E-state index in [1.807, 2.05) is 12.1 Å². The van der Waals surface area contributed by atoms with Crippen LogP contribution in [0.25, 0.3) is 0 Å². The molecule has 2 aliphatic heterocycles. The van der Waals surface area contributed by atoms with Gasteiger partial charge in [0.1, 0.15) is 5.76 Å². The Morgan fingerprint density at radius 3 is 2.89 bits per heavy atom. The van der Waals surface area contributed by atoms with E-state index in [1.54, 1.807) is 13.4 Å². The standard InChI is InChI=1S/C21H36N4O3/c1-26-16-13-25-11-8-18(9-12-25)24-21(22-10-7-19-6-4-15-27-19)23-17-20-5-2-3-14-28-20/h4,6,15,18,20H,2-3,5,7-14,16-17H2,1H3,(H2,22,23,24). The largest absolute Gasteiger partial charge is 0.469 e. The quantitative estimate of drug-likeness (QED) is 0.495. The highest BCUT2D eigenvalue weighted by Crippen LogP contribution is 2.13. The van der Waals surface area contributed by atoms with Gasteiger partial charge in [0.05, 0.1) is 25.5 Å². The molecule has 1 atom stereocenters. The van der Waals surface area contributed by atoms with Gasteiger partial charge in [0, 0.05) is 52.4 Å². The fourth-order valence-corrected chi connectivity index (χ4v) is 3.77. The number of hydrogen-bond acceptors (Lipinski definition) is 5. The van der Waals surface area contributed by atoms with Gasteiger partial charge in [0.15, 0.2) is 5.96 Å². The summed E-state index contributed by atoms with van der Waals surface area (Å²) in [7, 11) is 1.77. The van der Waals surface area contributed by atoms with Gasteiger partial charge in [-0.15, -0.1) is 0 Å². The summed E-state index contributed by atoms with van der Waals surface area (Å²) < 4.78 is 16.5. The van der Waals surface area contributed by atoms with Crippen LogP contribution in [0, 0.1) is 0 Å². The van der Waals surface area contributed by atoms with Gasteiger partial charge in [-0.1, -0.05) is 0 Å². The fourth-order valence-electron chi connectivity index (χ4n) is 3.77. The van der Waals surface area contributed by atoms with Crippen LogP contribution >= 0.6 is 0 Å². The molecule has 7 nitrogen and oxygen atoms in total. The van der Waals surface area contributed by atoms with E-state index in [9.17, 15) is 0 Å². The zero-order valence-electron chi connectivity index (χ0n) is 17.2. The third-order valence-electron chi connectivity index (χ3n) is 5.51. The minimum Gasteiger partial charge on any atom is -0.469 e. The summed E-state index contributed by atoms with van der Waals surface area (Å²) in [6.45, 7) is 6.43. The van der Waals surface area contributed by atoms with Crippen molar-refractivity contribution in [2.45, 2.75) is 50.7 Å². The summed E-state index contributed by atoms with van der Waals surface area (Å²) in [5, 5.41) is 7.13. The van der Waals surface area contributed by atoms with Gasteiger partial charge >= 0.3 is 0 Å². The number of methoxy groups -OCH3 is 1. The number of likely N-dealkylation sites (tertiary alicyclic amines) is 1. The molecule has 0 bridgehead atoms. The van der Waals surface area contributed by atoms with E-state index in [4.69, 9.17) is 18.9 Å². The van der Waals surface area contributed by atoms with Gasteiger partial charge < -0.3 is 29.4 Å². The molecule has 1 aromatic heterocycles. The zero-order valence-corrected chi connectivity index (χ0v) is 17.2. The molecule has 0 aromatic carbocycles. The van der Waals surface area contributed by atoms with E-state index in [0.717, 1.165) is 83.3 Å². The lowest BCUT2D eigenvalue weighted by atomic mass is 10.1. The summed E-state index contributed by atoms with van der Waals surface area (Å²) in [6.07, 6.45) is 8.62. The first-order valence-corrected chi connectivity index (χ1v) is 10.7. The third kappa shape index (κ3) is 7.45. The highest BCUT2D eigenvalue weighted by atomic mass is 16.5. The maximum atomic E-state index is 5.84. The van der Waals surface area contributed by atoms with E-state index < -0.39 is 0 Å². The summed E-state index contributed by atoms with van der Waals surface area (Å²) in [5.74, 6) is 1.89. The van der Waals surface area contributed by atoms with Crippen LogP contribution in [0.5, 0.6) is 0 Å². The Balaban J connectivity index is 1.46. The Bertz CT molecular complexity index is 550. The van der Waals surface area contributed by atoms with E-state index >= 15 is 0 Å². The molecule has 0 amide bonds. The molecule has 2 N–H and O–H groups in total. The number of piperidine rings is 1. The highest BCUT2D eigenvalue weighted by molar-refractivity contribution is 5.80. The van der Waals surface area contributed by atoms with Crippen LogP contribution in [-0.4, -0.2) is 76.1 Å². The maximum Gasteiger partial charge on any atom is 0.191 e. The number of hydrogen-bond donors (Lipinski definition) is 2. The van der Waals surface area contributed by atoms with E-state index in [-0.39, 0.29) is 6.10 Å². The summed E-state index contributed by atoms with van der Waals surface area (Å²) in [5.41, 5.74) is 0. The SMILES string of the molecule is COCCN1CCC(NC(=NCC2CCCCO2)NCCc2ccco2)CC1. The van der Waals surface area contributed by atoms with E-state index in [0.29, 0.717) is 6.04 Å². The van der Waals surface area contributed by atoms with Crippen LogP contribution in [-0.2, 0) is 15.9 Å². The minimum atomic E-state index is 0.258.